The highest BCUT2D eigenvalue weighted by Gasteiger charge is 2.18. The normalized spacial score (nSPS) is 11.2. The van der Waals surface area contributed by atoms with Gasteiger partial charge in [-0.25, -0.2) is 18.6 Å². The monoisotopic (exact) mass is 360 g/mol. The lowest BCUT2D eigenvalue weighted by Crippen LogP contribution is -2.31. The highest BCUT2D eigenvalue weighted by Crippen LogP contribution is 2.27. The second-order valence-electron chi connectivity index (χ2n) is 6.32. The van der Waals surface area contributed by atoms with Crippen molar-refractivity contribution in [3.63, 3.8) is 0 Å². The van der Waals surface area contributed by atoms with Crippen LogP contribution in [0.2, 0.25) is 0 Å². The summed E-state index contributed by atoms with van der Waals surface area (Å²) in [5, 5.41) is 0. The van der Waals surface area contributed by atoms with Gasteiger partial charge in [-0.1, -0.05) is 0 Å². The van der Waals surface area contributed by atoms with Crippen molar-refractivity contribution in [2.75, 3.05) is 14.1 Å². The first kappa shape index (κ1) is 17.8. The third kappa shape index (κ3) is 2.77. The van der Waals surface area contributed by atoms with Crippen molar-refractivity contribution in [2.24, 2.45) is 7.05 Å². The van der Waals surface area contributed by atoms with Crippen LogP contribution in [-0.4, -0.2) is 39.0 Å². The molecule has 0 saturated carbocycles. The summed E-state index contributed by atoms with van der Waals surface area (Å²) in [7, 11) is 4.74. The van der Waals surface area contributed by atoms with E-state index in [0.717, 1.165) is 0 Å². The van der Waals surface area contributed by atoms with Crippen LogP contribution in [0.15, 0.2) is 29.2 Å². The molecule has 3 rings (SSSR count). The second-order valence-corrected chi connectivity index (χ2v) is 6.32. The molecular formula is C18H18F2N4O2. The van der Waals surface area contributed by atoms with Crippen molar-refractivity contribution in [3.05, 3.63) is 52.1 Å². The highest BCUT2D eigenvalue weighted by atomic mass is 19.1. The molecule has 136 valence electrons. The van der Waals surface area contributed by atoms with Crippen LogP contribution in [0, 0.1) is 18.6 Å². The van der Waals surface area contributed by atoms with E-state index < -0.39 is 17.3 Å². The quantitative estimate of drug-likeness (QED) is 0.719. The predicted octanol–water partition coefficient (Wildman–Crippen LogP) is 2.08. The van der Waals surface area contributed by atoms with Gasteiger partial charge in [0, 0.05) is 44.0 Å². The molecule has 0 aliphatic carbocycles. The van der Waals surface area contributed by atoms with Gasteiger partial charge in [0.05, 0.1) is 5.52 Å². The summed E-state index contributed by atoms with van der Waals surface area (Å²) in [5.41, 5.74) is 0.886. The number of nitrogens with zero attached hydrogens (tertiary/aromatic N) is 4. The maximum atomic E-state index is 14.4. The first-order valence-corrected chi connectivity index (χ1v) is 7.92. The van der Waals surface area contributed by atoms with Crippen LogP contribution in [0.5, 0.6) is 0 Å². The van der Waals surface area contributed by atoms with Crippen LogP contribution < -0.4 is 5.69 Å². The average Bonchev–Trinajstić information content (AvgIpc) is 2.84. The van der Waals surface area contributed by atoms with E-state index in [4.69, 9.17) is 0 Å². The molecule has 8 heteroatoms. The van der Waals surface area contributed by atoms with Gasteiger partial charge >= 0.3 is 5.69 Å². The van der Waals surface area contributed by atoms with Gasteiger partial charge in [-0.15, -0.1) is 0 Å². The number of carbonyl (C=O) groups excluding carboxylic acids is 1. The number of aryl methyl sites for hydroxylation is 1. The third-order valence-electron chi connectivity index (χ3n) is 4.40. The predicted molar refractivity (Wildman–Crippen MR) is 93.8 cm³/mol. The van der Waals surface area contributed by atoms with Crippen LogP contribution in [0.25, 0.3) is 22.3 Å². The molecule has 6 nitrogen and oxygen atoms in total. The minimum atomic E-state index is -0.680. The minimum Gasteiger partial charge on any atom is -0.347 e. The van der Waals surface area contributed by atoms with Crippen LogP contribution in [0.1, 0.15) is 5.56 Å². The van der Waals surface area contributed by atoms with Gasteiger partial charge in [0.2, 0.25) is 5.91 Å². The Morgan fingerprint density at radius 2 is 1.96 bits per heavy atom. The molecular weight excluding hydrogens is 342 g/mol. The van der Waals surface area contributed by atoms with E-state index in [0.29, 0.717) is 16.7 Å². The Bertz CT molecular complexity index is 1080. The molecule has 0 aliphatic heterocycles. The van der Waals surface area contributed by atoms with Gasteiger partial charge in [0.15, 0.2) is 5.65 Å². The number of hydrogen-bond donors (Lipinski definition) is 0. The van der Waals surface area contributed by atoms with Crippen molar-refractivity contribution < 1.29 is 13.6 Å². The largest absolute Gasteiger partial charge is 0.347 e. The van der Waals surface area contributed by atoms with Gasteiger partial charge in [0.1, 0.15) is 18.2 Å². The van der Waals surface area contributed by atoms with E-state index >= 15 is 0 Å². The van der Waals surface area contributed by atoms with E-state index in [2.05, 4.69) is 4.98 Å². The van der Waals surface area contributed by atoms with Crippen LogP contribution in [0.4, 0.5) is 8.78 Å². The maximum absolute atomic E-state index is 14.4. The molecule has 2 heterocycles. The SMILES string of the molecule is Cc1c(F)ccc(-c2cnc3c(c2)n(CC(=O)N(C)C)c(=O)n3C)c1F. The van der Waals surface area contributed by atoms with E-state index in [9.17, 15) is 18.4 Å². The molecule has 26 heavy (non-hydrogen) atoms. The number of pyridine rings is 1. The Hall–Kier alpha value is -3.03. The van der Waals surface area contributed by atoms with Crippen molar-refractivity contribution in [3.8, 4) is 11.1 Å². The zero-order valence-corrected chi connectivity index (χ0v) is 14.9. The molecule has 1 amide bonds. The fraction of sp³-hybridized carbons (Fsp3) is 0.278. The molecule has 1 aromatic carbocycles. The van der Waals surface area contributed by atoms with E-state index in [1.54, 1.807) is 27.2 Å². The topological polar surface area (TPSA) is 60.1 Å². The zero-order chi connectivity index (χ0) is 19.2. The Morgan fingerprint density at radius 1 is 1.27 bits per heavy atom. The summed E-state index contributed by atoms with van der Waals surface area (Å²) < 4.78 is 30.6. The van der Waals surface area contributed by atoms with Crippen molar-refractivity contribution in [1.29, 1.82) is 0 Å². The summed E-state index contributed by atoms with van der Waals surface area (Å²) in [5.74, 6) is -1.57. The van der Waals surface area contributed by atoms with Gasteiger partial charge in [-0.05, 0) is 25.1 Å². The molecule has 0 bridgehead atoms. The maximum Gasteiger partial charge on any atom is 0.330 e. The summed E-state index contributed by atoms with van der Waals surface area (Å²) in [6, 6.07) is 4.10. The van der Waals surface area contributed by atoms with Gasteiger partial charge in [-0.2, -0.15) is 0 Å². The van der Waals surface area contributed by atoms with Gasteiger partial charge in [0.25, 0.3) is 0 Å². The Labute approximate surface area is 148 Å². The van der Waals surface area contributed by atoms with Crippen molar-refractivity contribution in [2.45, 2.75) is 13.5 Å². The first-order chi connectivity index (χ1) is 12.2. The average molecular weight is 360 g/mol. The van der Waals surface area contributed by atoms with Crippen molar-refractivity contribution in [1.82, 2.24) is 19.0 Å². The fourth-order valence-corrected chi connectivity index (χ4v) is 2.74. The van der Waals surface area contributed by atoms with E-state index in [1.165, 1.54) is 39.3 Å². The minimum absolute atomic E-state index is 0.0872. The first-order valence-electron chi connectivity index (χ1n) is 7.92. The summed E-state index contributed by atoms with van der Waals surface area (Å²) in [6.45, 7) is 1.20. The van der Waals surface area contributed by atoms with Crippen LogP contribution in [-0.2, 0) is 18.4 Å². The number of rotatable bonds is 3. The number of halogens is 2. The molecule has 0 saturated heterocycles. The molecule has 2 aromatic heterocycles. The molecule has 0 radical (unpaired) electrons. The van der Waals surface area contributed by atoms with E-state index in [1.807, 2.05) is 0 Å². The third-order valence-corrected chi connectivity index (χ3v) is 4.40. The summed E-state index contributed by atoms with van der Waals surface area (Å²) >= 11 is 0. The number of hydrogen-bond acceptors (Lipinski definition) is 3. The summed E-state index contributed by atoms with van der Waals surface area (Å²) in [4.78, 5) is 30.1. The molecule has 3 aromatic rings. The van der Waals surface area contributed by atoms with Crippen LogP contribution in [0.3, 0.4) is 0 Å². The number of carbonyl (C=O) groups is 1. The molecule has 0 aliphatic rings. The Kier molecular flexibility index (Phi) is 4.35. The number of aromatic nitrogens is 3. The number of amides is 1. The molecule has 0 fully saturated rings. The fourth-order valence-electron chi connectivity index (χ4n) is 2.74. The molecule has 0 unspecified atom stereocenters. The molecule has 0 spiro atoms. The molecule has 0 atom stereocenters. The van der Waals surface area contributed by atoms with Gasteiger partial charge in [-0.3, -0.25) is 13.9 Å². The lowest BCUT2D eigenvalue weighted by Gasteiger charge is -2.11. The van der Waals surface area contributed by atoms with Gasteiger partial charge < -0.3 is 4.90 Å². The second kappa shape index (κ2) is 6.36. The Morgan fingerprint density at radius 3 is 2.62 bits per heavy atom. The smallest absolute Gasteiger partial charge is 0.330 e. The number of fused-ring (bicyclic) bond motifs is 1. The number of imidazole rings is 1. The summed E-state index contributed by atoms with van der Waals surface area (Å²) in [6.07, 6.45) is 1.43. The Balaban J connectivity index is 2.21. The zero-order valence-electron chi connectivity index (χ0n) is 14.9. The lowest BCUT2D eigenvalue weighted by molar-refractivity contribution is -0.129. The lowest BCUT2D eigenvalue weighted by atomic mass is 10.0. The number of likely N-dealkylation sites (N-methyl/N-ethyl adjacent to an activating group) is 1. The number of benzene rings is 1. The highest BCUT2D eigenvalue weighted by molar-refractivity contribution is 5.82. The van der Waals surface area contributed by atoms with Crippen LogP contribution >= 0.6 is 0 Å². The van der Waals surface area contributed by atoms with Crippen molar-refractivity contribution >= 4 is 17.1 Å². The standard InChI is InChI=1S/C18H18F2N4O2/c1-10-13(19)6-5-12(16(10)20)11-7-14-17(21-8-11)23(4)18(26)24(14)9-15(25)22(2)3/h5-8H,9H2,1-4H3. The molecule has 0 N–H and O–H groups in total. The van der Waals surface area contributed by atoms with E-state index in [-0.39, 0.29) is 23.6 Å².